The maximum Gasteiger partial charge on any atom is 0.193 e. The first-order valence-electron chi connectivity index (χ1n) is 11.0. The van der Waals surface area contributed by atoms with Crippen LogP contribution in [-0.2, 0) is 13.1 Å². The number of guanidine groups is 1. The minimum Gasteiger partial charge on any atom is -0.356 e. The van der Waals surface area contributed by atoms with Crippen LogP contribution >= 0.6 is 35.3 Å². The van der Waals surface area contributed by atoms with Gasteiger partial charge in [0.25, 0.3) is 0 Å². The summed E-state index contributed by atoms with van der Waals surface area (Å²) in [5, 5.41) is 6.73. The molecule has 1 saturated heterocycles. The maximum absolute atomic E-state index is 4.54. The van der Waals surface area contributed by atoms with Gasteiger partial charge in [-0.25, -0.2) is 4.98 Å². The number of aliphatic imine (C=N–C) groups is 1. The molecule has 0 spiro atoms. The number of benzene rings is 1. The molecule has 1 N–H and O–H groups in total. The Kier molecular flexibility index (Phi) is 11.8. The van der Waals surface area contributed by atoms with Gasteiger partial charge in [-0.1, -0.05) is 30.3 Å². The van der Waals surface area contributed by atoms with E-state index < -0.39 is 0 Å². The molecule has 0 atom stereocenters. The summed E-state index contributed by atoms with van der Waals surface area (Å²) in [6.45, 7) is 10.7. The van der Waals surface area contributed by atoms with Crippen LogP contribution in [0.5, 0.6) is 0 Å². The Morgan fingerprint density at radius 3 is 2.48 bits per heavy atom. The third-order valence-corrected chi connectivity index (χ3v) is 6.36. The molecule has 6 nitrogen and oxygen atoms in total. The monoisotopic (exact) mass is 556 g/mol. The molecule has 2 aromatic rings. The van der Waals surface area contributed by atoms with Crippen LogP contribution in [0.15, 0.2) is 40.7 Å². The third-order valence-electron chi connectivity index (χ3n) is 5.54. The van der Waals surface area contributed by atoms with Gasteiger partial charge in [0.2, 0.25) is 0 Å². The number of hydrogen-bond acceptors (Lipinski definition) is 5. The second-order valence-electron chi connectivity index (χ2n) is 8.00. The molecule has 0 amide bonds. The maximum atomic E-state index is 4.54. The lowest BCUT2D eigenvalue weighted by Gasteiger charge is -2.34. The summed E-state index contributed by atoms with van der Waals surface area (Å²) < 4.78 is 0. The molecule has 0 saturated carbocycles. The van der Waals surface area contributed by atoms with Gasteiger partial charge in [-0.15, -0.1) is 35.3 Å². The summed E-state index contributed by atoms with van der Waals surface area (Å²) in [7, 11) is 3.92. The molecule has 3 rings (SSSR count). The van der Waals surface area contributed by atoms with Crippen LogP contribution in [0.1, 0.15) is 29.1 Å². The molecule has 0 radical (unpaired) electrons. The molecule has 172 valence electrons. The van der Waals surface area contributed by atoms with E-state index in [-0.39, 0.29) is 24.0 Å². The van der Waals surface area contributed by atoms with Gasteiger partial charge < -0.3 is 15.1 Å². The van der Waals surface area contributed by atoms with Gasteiger partial charge >= 0.3 is 0 Å². The van der Waals surface area contributed by atoms with Gasteiger partial charge in [0.05, 0.1) is 17.2 Å². The summed E-state index contributed by atoms with van der Waals surface area (Å²) in [6, 6.07) is 10.8. The molecule has 1 fully saturated rings. The van der Waals surface area contributed by atoms with E-state index in [4.69, 9.17) is 0 Å². The molecular formula is C23H37IN6S. The normalized spacial score (nSPS) is 15.5. The van der Waals surface area contributed by atoms with Crippen molar-refractivity contribution in [3.8, 4) is 0 Å². The number of piperazine rings is 1. The fourth-order valence-corrected chi connectivity index (χ4v) is 4.46. The van der Waals surface area contributed by atoms with E-state index in [1.807, 2.05) is 14.0 Å². The fraction of sp³-hybridized carbons (Fsp3) is 0.565. The SMILES string of the molecule is CN=C(NCCCCN1CCN(Cc2ccccc2)CC1)N(C)Cc1csc(C)n1.I. The van der Waals surface area contributed by atoms with Crippen molar-refractivity contribution in [3.63, 3.8) is 0 Å². The van der Waals surface area contributed by atoms with E-state index in [2.05, 4.69) is 72.8 Å². The van der Waals surface area contributed by atoms with Crippen LogP contribution in [0.2, 0.25) is 0 Å². The highest BCUT2D eigenvalue weighted by molar-refractivity contribution is 14.0. The van der Waals surface area contributed by atoms with Crippen molar-refractivity contribution in [2.75, 3.05) is 53.4 Å². The Balaban J connectivity index is 0.00000341. The number of hydrogen-bond donors (Lipinski definition) is 1. The lowest BCUT2D eigenvalue weighted by Crippen LogP contribution is -2.46. The Morgan fingerprint density at radius 1 is 1.13 bits per heavy atom. The van der Waals surface area contributed by atoms with Crippen LogP contribution in [0.3, 0.4) is 0 Å². The first-order valence-corrected chi connectivity index (χ1v) is 11.8. The van der Waals surface area contributed by atoms with Gasteiger partial charge in [-0.3, -0.25) is 9.89 Å². The van der Waals surface area contributed by atoms with Crippen LogP contribution in [0.25, 0.3) is 0 Å². The summed E-state index contributed by atoms with van der Waals surface area (Å²) >= 11 is 1.70. The van der Waals surface area contributed by atoms with Crippen molar-refractivity contribution < 1.29 is 0 Å². The number of thiazole rings is 1. The number of unbranched alkanes of at least 4 members (excludes halogenated alkanes) is 1. The Bertz CT molecular complexity index is 773. The van der Waals surface area contributed by atoms with Crippen LogP contribution in [0.4, 0.5) is 0 Å². The summed E-state index contributed by atoms with van der Waals surface area (Å²) in [5.41, 5.74) is 2.52. The van der Waals surface area contributed by atoms with Crippen LogP contribution < -0.4 is 5.32 Å². The van der Waals surface area contributed by atoms with Crippen molar-refractivity contribution in [1.29, 1.82) is 0 Å². The standard InChI is InChI=1S/C23H36N6S.HI/c1-20-26-22(19-30-20)18-27(3)23(24-2)25-11-7-8-12-28-13-15-29(16-14-28)17-21-9-5-4-6-10-21;/h4-6,9-10,19H,7-8,11-18H2,1-3H3,(H,24,25);1H. The third kappa shape index (κ3) is 9.03. The highest BCUT2D eigenvalue weighted by atomic mass is 127. The lowest BCUT2D eigenvalue weighted by molar-refractivity contribution is 0.126. The quantitative estimate of drug-likeness (QED) is 0.221. The van der Waals surface area contributed by atoms with E-state index in [9.17, 15) is 0 Å². The molecule has 2 heterocycles. The van der Waals surface area contributed by atoms with Crippen molar-refractivity contribution >= 4 is 41.3 Å². The van der Waals surface area contributed by atoms with Crippen LogP contribution in [-0.4, -0.2) is 79.0 Å². The van der Waals surface area contributed by atoms with E-state index >= 15 is 0 Å². The first-order chi connectivity index (χ1) is 14.6. The summed E-state index contributed by atoms with van der Waals surface area (Å²) in [5.74, 6) is 0.940. The second-order valence-corrected chi connectivity index (χ2v) is 9.06. The highest BCUT2D eigenvalue weighted by Crippen LogP contribution is 2.10. The summed E-state index contributed by atoms with van der Waals surface area (Å²) in [6.07, 6.45) is 2.38. The van der Waals surface area contributed by atoms with Crippen LogP contribution in [0, 0.1) is 6.92 Å². The smallest absolute Gasteiger partial charge is 0.193 e. The molecule has 1 aromatic carbocycles. The molecule has 0 aliphatic carbocycles. The zero-order valence-corrected chi connectivity index (χ0v) is 22.2. The largest absolute Gasteiger partial charge is 0.356 e. The van der Waals surface area contributed by atoms with Crippen molar-refractivity contribution in [3.05, 3.63) is 52.0 Å². The Labute approximate surface area is 208 Å². The number of aromatic nitrogens is 1. The predicted molar refractivity (Wildman–Crippen MR) is 142 cm³/mol. The molecule has 31 heavy (non-hydrogen) atoms. The van der Waals surface area contributed by atoms with Gasteiger partial charge in [-0.05, 0) is 31.9 Å². The van der Waals surface area contributed by atoms with E-state index in [1.165, 1.54) is 44.7 Å². The molecule has 0 bridgehead atoms. The average molecular weight is 557 g/mol. The Hall–Kier alpha value is -1.23. The molecule has 8 heteroatoms. The van der Waals surface area contributed by atoms with Gasteiger partial charge in [0, 0.05) is 58.7 Å². The van der Waals surface area contributed by atoms with E-state index in [0.717, 1.165) is 42.7 Å². The minimum atomic E-state index is 0. The lowest BCUT2D eigenvalue weighted by atomic mass is 10.2. The zero-order chi connectivity index (χ0) is 21.2. The topological polar surface area (TPSA) is 47.0 Å². The molecule has 1 aliphatic rings. The van der Waals surface area contributed by atoms with Crippen molar-refractivity contribution in [2.24, 2.45) is 4.99 Å². The number of nitrogens with one attached hydrogen (secondary N) is 1. The number of halogens is 1. The second kappa shape index (κ2) is 14.0. The van der Waals surface area contributed by atoms with Crippen molar-refractivity contribution in [1.82, 2.24) is 25.0 Å². The zero-order valence-electron chi connectivity index (χ0n) is 19.1. The molecule has 1 aliphatic heterocycles. The van der Waals surface area contributed by atoms with Gasteiger partial charge in [0.15, 0.2) is 5.96 Å². The fourth-order valence-electron chi connectivity index (χ4n) is 3.86. The van der Waals surface area contributed by atoms with Crippen molar-refractivity contribution in [2.45, 2.75) is 32.9 Å². The van der Waals surface area contributed by atoms with Gasteiger partial charge in [-0.2, -0.15) is 0 Å². The highest BCUT2D eigenvalue weighted by Gasteiger charge is 2.16. The number of rotatable bonds is 9. The first kappa shape index (κ1) is 26.0. The Morgan fingerprint density at radius 2 is 1.84 bits per heavy atom. The molecular weight excluding hydrogens is 519 g/mol. The number of nitrogens with zero attached hydrogens (tertiary/aromatic N) is 5. The summed E-state index contributed by atoms with van der Waals surface area (Å²) in [4.78, 5) is 16.3. The molecule has 1 aromatic heterocycles. The average Bonchev–Trinajstić information content (AvgIpc) is 3.17. The minimum absolute atomic E-state index is 0. The van der Waals surface area contributed by atoms with E-state index in [0.29, 0.717) is 0 Å². The predicted octanol–water partition coefficient (Wildman–Crippen LogP) is 3.67. The number of aryl methyl sites for hydroxylation is 1. The van der Waals surface area contributed by atoms with Gasteiger partial charge in [0.1, 0.15) is 0 Å². The molecule has 0 unspecified atom stereocenters. The van der Waals surface area contributed by atoms with E-state index in [1.54, 1.807) is 11.3 Å².